The predicted octanol–water partition coefficient (Wildman–Crippen LogP) is 3.41. The van der Waals surface area contributed by atoms with E-state index in [1.54, 1.807) is 23.9 Å². The lowest BCUT2D eigenvalue weighted by Crippen LogP contribution is -2.22. The Labute approximate surface area is 132 Å². The number of amides is 1. The minimum absolute atomic E-state index is 0.140. The number of furan rings is 1. The van der Waals surface area contributed by atoms with Crippen LogP contribution in [0.5, 0.6) is 0 Å². The van der Waals surface area contributed by atoms with Gasteiger partial charge in [0.25, 0.3) is 5.91 Å². The van der Waals surface area contributed by atoms with Crippen LogP contribution in [-0.4, -0.2) is 22.2 Å². The average Bonchev–Trinajstić information content (AvgIpc) is 2.94. The van der Waals surface area contributed by atoms with E-state index < -0.39 is 5.97 Å². The zero-order valence-electron chi connectivity index (χ0n) is 12.3. The molecule has 1 heterocycles. The smallest absolute Gasteiger partial charge is 0.371 e. The summed E-state index contributed by atoms with van der Waals surface area (Å²) < 4.78 is 5.08. The molecule has 0 atom stereocenters. The third-order valence-electron chi connectivity index (χ3n) is 2.78. The molecule has 0 aliphatic heterocycles. The number of thioether (sulfide) groups is 1. The van der Waals surface area contributed by atoms with Gasteiger partial charge in [0, 0.05) is 15.7 Å². The highest BCUT2D eigenvalue weighted by molar-refractivity contribution is 7.99. The molecule has 116 valence electrons. The molecule has 2 N–H and O–H groups in total. The molecule has 22 heavy (non-hydrogen) atoms. The topological polar surface area (TPSA) is 79.5 Å². The Morgan fingerprint density at radius 3 is 2.41 bits per heavy atom. The molecule has 0 spiro atoms. The third kappa shape index (κ3) is 4.39. The minimum atomic E-state index is -1.13. The van der Waals surface area contributed by atoms with Gasteiger partial charge < -0.3 is 14.8 Å². The van der Waals surface area contributed by atoms with Crippen molar-refractivity contribution in [2.45, 2.75) is 30.5 Å². The quantitative estimate of drug-likeness (QED) is 0.798. The molecule has 0 saturated carbocycles. The van der Waals surface area contributed by atoms with E-state index in [4.69, 9.17) is 9.52 Å². The van der Waals surface area contributed by atoms with Gasteiger partial charge in [-0.15, -0.1) is 11.8 Å². The van der Waals surface area contributed by atoms with Crippen molar-refractivity contribution in [2.24, 2.45) is 0 Å². The van der Waals surface area contributed by atoms with Gasteiger partial charge >= 0.3 is 5.97 Å². The summed E-state index contributed by atoms with van der Waals surface area (Å²) in [6, 6.07) is 10.3. The number of hydrogen-bond donors (Lipinski definition) is 2. The molecule has 0 radical (unpaired) electrons. The summed E-state index contributed by atoms with van der Waals surface area (Å²) in [6.45, 7) is 4.37. The number of nitrogens with one attached hydrogen (secondary N) is 1. The molecule has 0 bridgehead atoms. The first-order valence-corrected chi connectivity index (χ1v) is 7.70. The molecule has 1 aromatic heterocycles. The van der Waals surface area contributed by atoms with Crippen molar-refractivity contribution in [3.05, 3.63) is 53.5 Å². The molecule has 6 heteroatoms. The maximum absolute atomic E-state index is 12.0. The highest BCUT2D eigenvalue weighted by Crippen LogP contribution is 2.22. The maximum Gasteiger partial charge on any atom is 0.371 e. The minimum Gasteiger partial charge on any atom is -0.475 e. The first-order valence-electron chi connectivity index (χ1n) is 6.82. The van der Waals surface area contributed by atoms with E-state index in [-0.39, 0.29) is 18.2 Å². The van der Waals surface area contributed by atoms with Crippen LogP contribution in [0.25, 0.3) is 0 Å². The molecule has 0 unspecified atom stereocenters. The van der Waals surface area contributed by atoms with Crippen molar-refractivity contribution >= 4 is 23.6 Å². The Morgan fingerprint density at radius 1 is 1.18 bits per heavy atom. The first-order chi connectivity index (χ1) is 10.5. The standard InChI is InChI=1S/C16H17NO4S/c1-10(2)22-13-6-3-11(4-7-13)15(18)17-9-12-5-8-14(21-12)16(19)20/h3-8,10H,9H2,1-2H3,(H,17,18)(H,19,20). The number of carboxylic acids is 1. The Bertz CT molecular complexity index is 661. The van der Waals surface area contributed by atoms with E-state index in [0.717, 1.165) is 4.90 Å². The number of carbonyl (C=O) groups excluding carboxylic acids is 1. The maximum atomic E-state index is 12.0. The van der Waals surface area contributed by atoms with Crippen LogP contribution in [0.1, 0.15) is 40.5 Å². The van der Waals surface area contributed by atoms with E-state index >= 15 is 0 Å². The summed E-state index contributed by atoms with van der Waals surface area (Å²) in [7, 11) is 0. The van der Waals surface area contributed by atoms with Crippen molar-refractivity contribution in [1.82, 2.24) is 5.32 Å². The highest BCUT2D eigenvalue weighted by atomic mass is 32.2. The first kappa shape index (κ1) is 16.2. The van der Waals surface area contributed by atoms with Crippen LogP contribution in [0.3, 0.4) is 0 Å². The fraction of sp³-hybridized carbons (Fsp3) is 0.250. The van der Waals surface area contributed by atoms with Crippen molar-refractivity contribution in [3.63, 3.8) is 0 Å². The van der Waals surface area contributed by atoms with E-state index in [9.17, 15) is 9.59 Å². The number of carboxylic acid groups (broad SMARTS) is 1. The Morgan fingerprint density at radius 2 is 1.86 bits per heavy atom. The number of rotatable bonds is 6. The molecule has 0 saturated heterocycles. The van der Waals surface area contributed by atoms with Gasteiger partial charge in [-0.25, -0.2) is 4.79 Å². The zero-order chi connectivity index (χ0) is 16.1. The van der Waals surface area contributed by atoms with Gasteiger partial charge in [-0.1, -0.05) is 13.8 Å². The Hall–Kier alpha value is -2.21. The van der Waals surface area contributed by atoms with Crippen LogP contribution in [0.2, 0.25) is 0 Å². The number of carbonyl (C=O) groups is 2. The molecular weight excluding hydrogens is 302 g/mol. The Balaban J connectivity index is 1.92. The summed E-state index contributed by atoms with van der Waals surface area (Å²) >= 11 is 1.73. The van der Waals surface area contributed by atoms with Gasteiger partial charge in [-0.05, 0) is 36.4 Å². The predicted molar refractivity (Wildman–Crippen MR) is 84.3 cm³/mol. The number of aromatic carboxylic acids is 1. The van der Waals surface area contributed by atoms with E-state index in [0.29, 0.717) is 16.6 Å². The SMILES string of the molecule is CC(C)Sc1ccc(C(=O)NCc2ccc(C(=O)O)o2)cc1. The number of hydrogen-bond acceptors (Lipinski definition) is 4. The van der Waals surface area contributed by atoms with Crippen molar-refractivity contribution < 1.29 is 19.1 Å². The van der Waals surface area contributed by atoms with Crippen LogP contribution < -0.4 is 5.32 Å². The van der Waals surface area contributed by atoms with Gasteiger partial charge in [0.15, 0.2) is 0 Å². The molecule has 0 aliphatic carbocycles. The van der Waals surface area contributed by atoms with Gasteiger partial charge in [-0.2, -0.15) is 0 Å². The van der Waals surface area contributed by atoms with Crippen LogP contribution in [0, 0.1) is 0 Å². The summed E-state index contributed by atoms with van der Waals surface area (Å²) in [4.78, 5) is 23.8. The molecule has 0 aliphatic rings. The van der Waals surface area contributed by atoms with Gasteiger partial charge in [0.1, 0.15) is 5.76 Å². The molecular formula is C16H17NO4S. The van der Waals surface area contributed by atoms with Crippen LogP contribution >= 0.6 is 11.8 Å². The third-order valence-corrected chi connectivity index (χ3v) is 3.80. The van der Waals surface area contributed by atoms with Crippen molar-refractivity contribution in [2.75, 3.05) is 0 Å². The summed E-state index contributed by atoms with van der Waals surface area (Å²) in [5.74, 6) is -1.10. The lowest BCUT2D eigenvalue weighted by atomic mass is 10.2. The van der Waals surface area contributed by atoms with E-state index in [1.165, 1.54) is 12.1 Å². The largest absolute Gasteiger partial charge is 0.475 e. The average molecular weight is 319 g/mol. The second-order valence-corrected chi connectivity index (χ2v) is 6.59. The molecule has 2 rings (SSSR count). The summed E-state index contributed by atoms with van der Waals surface area (Å²) in [6.07, 6.45) is 0. The van der Waals surface area contributed by atoms with Gasteiger partial charge in [0.05, 0.1) is 6.54 Å². The van der Waals surface area contributed by atoms with E-state index in [1.807, 2.05) is 12.1 Å². The fourth-order valence-electron chi connectivity index (χ4n) is 1.81. The molecule has 5 nitrogen and oxygen atoms in total. The van der Waals surface area contributed by atoms with Crippen molar-refractivity contribution in [3.8, 4) is 0 Å². The molecule has 1 aromatic carbocycles. The second kappa shape index (κ2) is 7.17. The van der Waals surface area contributed by atoms with E-state index in [2.05, 4.69) is 19.2 Å². The van der Waals surface area contributed by atoms with Gasteiger partial charge in [-0.3, -0.25) is 4.79 Å². The highest BCUT2D eigenvalue weighted by Gasteiger charge is 2.11. The number of benzene rings is 1. The van der Waals surface area contributed by atoms with Crippen LogP contribution in [0.15, 0.2) is 45.7 Å². The normalized spacial score (nSPS) is 10.7. The lowest BCUT2D eigenvalue weighted by Gasteiger charge is -2.06. The second-order valence-electron chi connectivity index (χ2n) is 4.94. The zero-order valence-corrected chi connectivity index (χ0v) is 13.1. The molecule has 0 fully saturated rings. The summed E-state index contributed by atoms with van der Waals surface area (Å²) in [5, 5.41) is 11.9. The fourth-order valence-corrected chi connectivity index (χ4v) is 2.65. The molecule has 2 aromatic rings. The van der Waals surface area contributed by atoms with Gasteiger partial charge in [0.2, 0.25) is 5.76 Å². The molecule has 1 amide bonds. The van der Waals surface area contributed by atoms with Crippen LogP contribution in [0.4, 0.5) is 0 Å². The Kier molecular flexibility index (Phi) is 5.27. The lowest BCUT2D eigenvalue weighted by molar-refractivity contribution is 0.0660. The summed E-state index contributed by atoms with van der Waals surface area (Å²) in [5.41, 5.74) is 0.554. The monoisotopic (exact) mass is 319 g/mol. The van der Waals surface area contributed by atoms with Crippen molar-refractivity contribution in [1.29, 1.82) is 0 Å². The van der Waals surface area contributed by atoms with Crippen LogP contribution in [-0.2, 0) is 6.54 Å².